The molecule has 0 aliphatic carbocycles. The van der Waals surface area contributed by atoms with Crippen LogP contribution in [-0.4, -0.2) is 46.0 Å². The molecule has 144 valence electrons. The maximum absolute atomic E-state index is 12.5. The van der Waals surface area contributed by atoms with E-state index in [0.717, 1.165) is 43.0 Å². The summed E-state index contributed by atoms with van der Waals surface area (Å²) in [6.07, 6.45) is 5.85. The molecule has 0 radical (unpaired) electrons. The molecule has 8 nitrogen and oxygen atoms in total. The molecule has 1 saturated heterocycles. The predicted octanol–water partition coefficient (Wildman–Crippen LogP) is 0.0244. The normalized spacial score (nSPS) is 15.1. The molecule has 0 bridgehead atoms. The summed E-state index contributed by atoms with van der Waals surface area (Å²) in [7, 11) is 1.96. The third-order valence-electron chi connectivity index (χ3n) is 5.24. The number of carbonyl (C=O) groups excluding carboxylic acids is 1. The maximum Gasteiger partial charge on any atom is 0.267 e. The summed E-state index contributed by atoms with van der Waals surface area (Å²) in [6.45, 7) is 3.96. The Bertz CT molecular complexity index is 1070. The fourth-order valence-electron chi connectivity index (χ4n) is 3.48. The topological polar surface area (TPSA) is 84.5 Å². The third kappa shape index (κ3) is 3.78. The van der Waals surface area contributed by atoms with Gasteiger partial charge in [-0.25, -0.2) is 9.67 Å². The minimum absolute atomic E-state index is 0.129. The molecular weight excluding hydrogens is 355 g/mol. The molecule has 4 heterocycles. The number of nitrogens with zero attached hydrogens (tertiary/aromatic N) is 5. The van der Waals surface area contributed by atoms with Crippen molar-refractivity contribution in [1.29, 1.82) is 0 Å². The van der Waals surface area contributed by atoms with E-state index in [1.165, 1.54) is 10.7 Å². The fraction of sp³-hybridized carbons (Fsp3) is 0.368. The lowest BCUT2D eigenvalue weighted by Gasteiger charge is -2.31. The van der Waals surface area contributed by atoms with Crippen LogP contribution in [0, 0.1) is 5.92 Å². The number of fused-ring (bicyclic) bond motifs is 1. The summed E-state index contributed by atoms with van der Waals surface area (Å²) in [5.41, 5.74) is 2.13. The van der Waals surface area contributed by atoms with E-state index in [1.807, 2.05) is 18.4 Å². The van der Waals surface area contributed by atoms with Crippen molar-refractivity contribution in [3.8, 4) is 0 Å². The van der Waals surface area contributed by atoms with Crippen LogP contribution < -0.4 is 21.4 Å². The lowest BCUT2D eigenvalue weighted by Crippen LogP contribution is -2.36. The minimum atomic E-state index is -0.299. The Labute approximate surface area is 163 Å². The van der Waals surface area contributed by atoms with Crippen molar-refractivity contribution < 1.29 is 4.79 Å². The summed E-state index contributed by atoms with van der Waals surface area (Å²) in [5.74, 6) is 1.16. The van der Waals surface area contributed by atoms with Crippen molar-refractivity contribution in [2.24, 2.45) is 5.92 Å². The molecule has 1 aliphatic heterocycles. The first-order chi connectivity index (χ1) is 13.5. The quantitative estimate of drug-likeness (QED) is 0.648. The molecule has 9 heteroatoms. The number of anilines is 2. The number of imidazole rings is 1. The number of aromatic nitrogens is 4. The molecule has 4 rings (SSSR count). The minimum Gasteiger partial charge on any atom is -0.355 e. The number of hydrogen-bond donors (Lipinski definition) is 1. The Morgan fingerprint density at radius 2 is 2.07 bits per heavy atom. The van der Waals surface area contributed by atoms with Gasteiger partial charge < -0.3 is 14.6 Å². The third-order valence-corrected chi connectivity index (χ3v) is 5.24. The van der Waals surface area contributed by atoms with Crippen LogP contribution in [0.4, 0.5) is 11.5 Å². The smallest absolute Gasteiger partial charge is 0.267 e. The number of rotatable bonds is 4. The molecule has 3 aromatic heterocycles. The van der Waals surface area contributed by atoms with Crippen LogP contribution in [0.25, 0.3) is 5.65 Å². The van der Waals surface area contributed by atoms with Gasteiger partial charge in [0.2, 0.25) is 5.91 Å². The fourth-order valence-corrected chi connectivity index (χ4v) is 3.48. The Balaban J connectivity index is 1.47. The van der Waals surface area contributed by atoms with Gasteiger partial charge in [-0.05, 0) is 36.5 Å². The first-order valence-corrected chi connectivity index (χ1v) is 9.56. The van der Waals surface area contributed by atoms with Crippen molar-refractivity contribution in [3.63, 3.8) is 0 Å². The zero-order valence-electron chi connectivity index (χ0n) is 16.1. The highest BCUT2D eigenvalue weighted by atomic mass is 16.2. The van der Waals surface area contributed by atoms with Crippen LogP contribution in [0.2, 0.25) is 0 Å². The van der Waals surface area contributed by atoms with Crippen LogP contribution >= 0.6 is 0 Å². The molecule has 1 aliphatic rings. The molecule has 1 N–H and O–H groups in total. The van der Waals surface area contributed by atoms with E-state index in [-0.39, 0.29) is 18.0 Å². The first-order valence-electron chi connectivity index (χ1n) is 9.56. The van der Waals surface area contributed by atoms with Crippen molar-refractivity contribution in [1.82, 2.24) is 19.2 Å². The summed E-state index contributed by atoms with van der Waals surface area (Å²) < 4.78 is 3.16. The van der Waals surface area contributed by atoms with Crippen LogP contribution in [-0.2, 0) is 11.3 Å². The van der Waals surface area contributed by atoms with E-state index in [9.17, 15) is 9.59 Å². The Kier molecular flexibility index (Phi) is 4.89. The van der Waals surface area contributed by atoms with Gasteiger partial charge in [-0.1, -0.05) is 6.92 Å². The van der Waals surface area contributed by atoms with Gasteiger partial charge >= 0.3 is 0 Å². The highest BCUT2D eigenvalue weighted by molar-refractivity contribution is 6.31. The molecular formula is C19H23BN6O2. The van der Waals surface area contributed by atoms with Crippen molar-refractivity contribution >= 4 is 36.5 Å². The van der Waals surface area contributed by atoms with Crippen LogP contribution in [0.15, 0.2) is 41.5 Å². The van der Waals surface area contributed by atoms with Gasteiger partial charge in [0.25, 0.3) is 5.56 Å². The number of nitrogens with one attached hydrogen (secondary N) is 1. The molecule has 0 aromatic carbocycles. The molecule has 1 fully saturated rings. The SMILES string of the molecule is Bc1cnc2cc(NC(=O)Cn3nc(N4CCC(C)CC4)ccc3=O)ccn12. The molecule has 28 heavy (non-hydrogen) atoms. The highest BCUT2D eigenvalue weighted by Crippen LogP contribution is 2.20. The second-order valence-corrected chi connectivity index (χ2v) is 7.45. The monoisotopic (exact) mass is 378 g/mol. The summed E-state index contributed by atoms with van der Waals surface area (Å²) >= 11 is 0. The number of hydrogen-bond acceptors (Lipinski definition) is 5. The Hall–Kier alpha value is -3.10. The van der Waals surface area contributed by atoms with E-state index in [2.05, 4.69) is 27.2 Å². The second kappa shape index (κ2) is 7.50. The zero-order valence-corrected chi connectivity index (χ0v) is 16.1. The Morgan fingerprint density at radius 1 is 1.29 bits per heavy atom. The van der Waals surface area contributed by atoms with E-state index in [0.29, 0.717) is 11.6 Å². The van der Waals surface area contributed by atoms with Gasteiger partial charge in [-0.15, -0.1) is 0 Å². The van der Waals surface area contributed by atoms with Gasteiger partial charge in [-0.3, -0.25) is 9.59 Å². The lowest BCUT2D eigenvalue weighted by molar-refractivity contribution is -0.117. The van der Waals surface area contributed by atoms with E-state index >= 15 is 0 Å². The number of carbonyl (C=O) groups is 1. The second-order valence-electron chi connectivity index (χ2n) is 7.45. The van der Waals surface area contributed by atoms with E-state index in [4.69, 9.17) is 0 Å². The molecule has 3 aromatic rings. The average molecular weight is 378 g/mol. The summed E-state index contributed by atoms with van der Waals surface area (Å²) in [5, 5.41) is 7.23. The van der Waals surface area contributed by atoms with Crippen LogP contribution in [0.1, 0.15) is 19.8 Å². The highest BCUT2D eigenvalue weighted by Gasteiger charge is 2.18. The lowest BCUT2D eigenvalue weighted by atomic mass is 9.99. The van der Waals surface area contributed by atoms with E-state index < -0.39 is 0 Å². The first kappa shape index (κ1) is 18.3. The Morgan fingerprint density at radius 3 is 2.86 bits per heavy atom. The van der Waals surface area contributed by atoms with Gasteiger partial charge in [0.1, 0.15) is 18.0 Å². The molecule has 0 unspecified atom stereocenters. The van der Waals surface area contributed by atoms with Crippen molar-refractivity contribution in [2.75, 3.05) is 23.3 Å². The molecule has 1 amide bonds. The number of piperidine rings is 1. The van der Waals surface area contributed by atoms with Gasteiger partial charge in [0.15, 0.2) is 7.85 Å². The number of amides is 1. The summed E-state index contributed by atoms with van der Waals surface area (Å²) in [6, 6.07) is 6.82. The molecule has 0 saturated carbocycles. The van der Waals surface area contributed by atoms with Crippen LogP contribution in [0.5, 0.6) is 0 Å². The maximum atomic E-state index is 12.5. The molecule has 0 spiro atoms. The standard InChI is InChI=1S/C19H23BN6O2/c1-13-4-7-24(8-5-13)16-2-3-19(28)26(23-16)12-18(27)22-14-6-9-25-15(20)11-21-17(25)10-14/h2-3,6,9-11,13H,4-5,7-8,12,20H2,1H3,(H,22,27). The van der Waals surface area contributed by atoms with Crippen molar-refractivity contribution in [3.05, 3.63) is 47.0 Å². The average Bonchev–Trinajstić information content (AvgIpc) is 3.04. The number of pyridine rings is 1. The van der Waals surface area contributed by atoms with Gasteiger partial charge in [0.05, 0.1) is 0 Å². The van der Waals surface area contributed by atoms with E-state index in [1.54, 1.807) is 24.4 Å². The van der Waals surface area contributed by atoms with Gasteiger partial charge in [-0.2, -0.15) is 5.10 Å². The zero-order chi connectivity index (χ0) is 19.7. The largest absolute Gasteiger partial charge is 0.355 e. The van der Waals surface area contributed by atoms with Gasteiger partial charge in [0, 0.05) is 43.3 Å². The molecule has 0 atom stereocenters. The predicted molar refractivity (Wildman–Crippen MR) is 111 cm³/mol. The summed E-state index contributed by atoms with van der Waals surface area (Å²) in [4.78, 5) is 31.1. The van der Waals surface area contributed by atoms with Crippen LogP contribution in [0.3, 0.4) is 0 Å². The van der Waals surface area contributed by atoms with Crippen molar-refractivity contribution in [2.45, 2.75) is 26.3 Å².